The van der Waals surface area contributed by atoms with Crippen LogP contribution in [0, 0.1) is 12.7 Å². The summed E-state index contributed by atoms with van der Waals surface area (Å²) in [4.78, 5) is 22.5. The minimum atomic E-state index is -0.515. The molecule has 2 aromatic heterocycles. The Morgan fingerprint density at radius 2 is 2.04 bits per heavy atom. The second kappa shape index (κ2) is 7.03. The Hall–Kier alpha value is -3.88. The van der Waals surface area contributed by atoms with Crippen LogP contribution < -0.4 is 21.1 Å². The summed E-state index contributed by atoms with van der Waals surface area (Å²) in [5, 5.41) is 6.02. The summed E-state index contributed by atoms with van der Waals surface area (Å²) in [7, 11) is 1.47. The third-order valence-corrected chi connectivity index (χ3v) is 4.08. The Morgan fingerprint density at radius 3 is 2.82 bits per heavy atom. The van der Waals surface area contributed by atoms with E-state index in [1.165, 1.54) is 13.2 Å². The lowest BCUT2D eigenvalue weighted by Crippen LogP contribution is -2.04. The molecule has 142 valence electrons. The maximum absolute atomic E-state index is 14.1. The van der Waals surface area contributed by atoms with Crippen molar-refractivity contribution in [2.24, 2.45) is 0 Å². The van der Waals surface area contributed by atoms with Gasteiger partial charge in [0.05, 0.1) is 18.3 Å². The molecule has 0 radical (unpaired) electrons. The SMILES string of the molecule is COc1ccc(Nc2ncc(C)c(Nc3ccc4oc(=O)[nH]c4c3)n2)c(F)c1. The summed E-state index contributed by atoms with van der Waals surface area (Å²) >= 11 is 0. The minimum Gasteiger partial charge on any atom is -0.497 e. The highest BCUT2D eigenvalue weighted by atomic mass is 19.1. The van der Waals surface area contributed by atoms with E-state index in [4.69, 9.17) is 9.15 Å². The molecule has 0 aliphatic carbocycles. The van der Waals surface area contributed by atoms with E-state index in [9.17, 15) is 9.18 Å². The maximum atomic E-state index is 14.1. The number of methoxy groups -OCH3 is 1. The van der Waals surface area contributed by atoms with Gasteiger partial charge in [0, 0.05) is 23.5 Å². The van der Waals surface area contributed by atoms with Gasteiger partial charge < -0.3 is 19.8 Å². The summed E-state index contributed by atoms with van der Waals surface area (Å²) < 4.78 is 24.1. The topological polar surface area (TPSA) is 105 Å². The number of aromatic amines is 1. The van der Waals surface area contributed by atoms with Gasteiger partial charge >= 0.3 is 5.76 Å². The Balaban J connectivity index is 1.60. The summed E-state index contributed by atoms with van der Waals surface area (Å²) in [5.41, 5.74) is 2.76. The summed E-state index contributed by atoms with van der Waals surface area (Å²) in [5.74, 6) is 0.195. The molecule has 0 bridgehead atoms. The van der Waals surface area contributed by atoms with Gasteiger partial charge in [-0.05, 0) is 37.3 Å². The van der Waals surface area contributed by atoms with Crippen LogP contribution in [0.3, 0.4) is 0 Å². The van der Waals surface area contributed by atoms with Crippen molar-refractivity contribution in [1.82, 2.24) is 15.0 Å². The van der Waals surface area contributed by atoms with Gasteiger partial charge in [-0.25, -0.2) is 14.2 Å². The number of aryl methyl sites for hydroxylation is 1. The van der Waals surface area contributed by atoms with Crippen molar-refractivity contribution >= 4 is 34.2 Å². The predicted octanol–water partition coefficient (Wildman–Crippen LogP) is 3.85. The first kappa shape index (κ1) is 17.5. The van der Waals surface area contributed by atoms with Gasteiger partial charge in [0.25, 0.3) is 0 Å². The monoisotopic (exact) mass is 381 g/mol. The summed E-state index contributed by atoms with van der Waals surface area (Å²) in [6, 6.07) is 9.64. The number of anilines is 4. The van der Waals surface area contributed by atoms with Gasteiger partial charge in [-0.15, -0.1) is 0 Å². The predicted molar refractivity (Wildman–Crippen MR) is 103 cm³/mol. The third-order valence-electron chi connectivity index (χ3n) is 4.08. The van der Waals surface area contributed by atoms with E-state index < -0.39 is 11.6 Å². The van der Waals surface area contributed by atoms with Crippen molar-refractivity contribution in [2.45, 2.75) is 6.92 Å². The van der Waals surface area contributed by atoms with E-state index >= 15 is 0 Å². The molecular formula is C19H16FN5O3. The molecule has 0 unspecified atom stereocenters. The molecule has 0 aliphatic heterocycles. The molecule has 0 atom stereocenters. The first-order valence-corrected chi connectivity index (χ1v) is 8.36. The normalized spacial score (nSPS) is 10.8. The quantitative estimate of drug-likeness (QED) is 0.482. The number of fused-ring (bicyclic) bond motifs is 1. The molecule has 28 heavy (non-hydrogen) atoms. The zero-order chi connectivity index (χ0) is 19.7. The molecule has 4 aromatic rings. The van der Waals surface area contributed by atoms with Crippen molar-refractivity contribution in [3.63, 3.8) is 0 Å². The zero-order valence-corrected chi connectivity index (χ0v) is 15.0. The summed E-state index contributed by atoms with van der Waals surface area (Å²) in [6.45, 7) is 1.85. The van der Waals surface area contributed by atoms with Gasteiger partial charge in [-0.1, -0.05) is 0 Å². The smallest absolute Gasteiger partial charge is 0.417 e. The molecule has 0 saturated carbocycles. The van der Waals surface area contributed by atoms with Crippen LogP contribution in [0.1, 0.15) is 5.56 Å². The molecule has 2 aromatic carbocycles. The van der Waals surface area contributed by atoms with Crippen molar-refractivity contribution in [3.8, 4) is 5.75 Å². The number of oxazole rings is 1. The molecule has 0 spiro atoms. The fourth-order valence-corrected chi connectivity index (χ4v) is 2.64. The number of nitrogens with one attached hydrogen (secondary N) is 3. The molecule has 0 fully saturated rings. The van der Waals surface area contributed by atoms with Crippen LogP contribution >= 0.6 is 0 Å². The molecule has 9 heteroatoms. The average Bonchev–Trinajstić information content (AvgIpc) is 3.05. The van der Waals surface area contributed by atoms with Gasteiger partial charge in [0.2, 0.25) is 5.95 Å². The number of rotatable bonds is 5. The van der Waals surface area contributed by atoms with Crippen LogP contribution in [0.5, 0.6) is 5.75 Å². The highest BCUT2D eigenvalue weighted by Crippen LogP contribution is 2.25. The van der Waals surface area contributed by atoms with Crippen LogP contribution in [0.2, 0.25) is 0 Å². The average molecular weight is 381 g/mol. The van der Waals surface area contributed by atoms with Crippen LogP contribution in [-0.2, 0) is 0 Å². The number of aromatic nitrogens is 3. The Kier molecular flexibility index (Phi) is 4.40. The van der Waals surface area contributed by atoms with Crippen molar-refractivity contribution in [1.29, 1.82) is 0 Å². The molecule has 0 aliphatic rings. The first-order chi connectivity index (χ1) is 13.5. The Morgan fingerprint density at radius 1 is 1.18 bits per heavy atom. The van der Waals surface area contributed by atoms with E-state index in [0.717, 1.165) is 5.56 Å². The molecular weight excluding hydrogens is 365 g/mol. The zero-order valence-electron chi connectivity index (χ0n) is 15.0. The molecule has 2 heterocycles. The second-order valence-electron chi connectivity index (χ2n) is 6.05. The fraction of sp³-hybridized carbons (Fsp3) is 0.105. The van der Waals surface area contributed by atoms with E-state index in [1.54, 1.807) is 36.5 Å². The third kappa shape index (κ3) is 3.50. The molecule has 3 N–H and O–H groups in total. The molecule has 0 amide bonds. The van der Waals surface area contributed by atoms with E-state index in [0.29, 0.717) is 28.4 Å². The van der Waals surface area contributed by atoms with Gasteiger partial charge in [0.1, 0.15) is 17.4 Å². The van der Waals surface area contributed by atoms with Gasteiger partial charge in [-0.2, -0.15) is 4.98 Å². The van der Waals surface area contributed by atoms with E-state index in [-0.39, 0.29) is 11.6 Å². The lowest BCUT2D eigenvalue weighted by molar-refractivity contribution is 0.411. The largest absolute Gasteiger partial charge is 0.497 e. The second-order valence-corrected chi connectivity index (χ2v) is 6.05. The number of hydrogen-bond acceptors (Lipinski definition) is 7. The fourth-order valence-electron chi connectivity index (χ4n) is 2.64. The highest BCUT2D eigenvalue weighted by molar-refractivity contribution is 5.78. The molecule has 4 rings (SSSR count). The lowest BCUT2D eigenvalue weighted by Gasteiger charge is -2.12. The number of hydrogen-bond donors (Lipinski definition) is 3. The van der Waals surface area contributed by atoms with Crippen LogP contribution in [0.4, 0.5) is 27.5 Å². The van der Waals surface area contributed by atoms with Crippen molar-refractivity contribution in [2.75, 3.05) is 17.7 Å². The minimum absolute atomic E-state index is 0.230. The number of halogens is 1. The van der Waals surface area contributed by atoms with Crippen molar-refractivity contribution < 1.29 is 13.5 Å². The standard InChI is InChI=1S/C19H16FN5O3/c1-10-9-21-18(23-14-5-4-12(27-2)8-13(14)20)25-17(10)22-11-3-6-16-15(7-11)24-19(26)28-16/h3-9H,1-2H3,(H,24,26)(H2,21,22,23,25). The lowest BCUT2D eigenvalue weighted by atomic mass is 10.2. The highest BCUT2D eigenvalue weighted by Gasteiger charge is 2.09. The molecule has 0 saturated heterocycles. The van der Waals surface area contributed by atoms with Crippen LogP contribution in [0.25, 0.3) is 11.1 Å². The van der Waals surface area contributed by atoms with E-state index in [2.05, 4.69) is 25.6 Å². The first-order valence-electron chi connectivity index (χ1n) is 8.36. The summed E-state index contributed by atoms with van der Waals surface area (Å²) in [6.07, 6.45) is 1.62. The number of ether oxygens (including phenoxy) is 1. The number of nitrogens with zero attached hydrogens (tertiary/aromatic N) is 2. The Bertz CT molecular complexity index is 1220. The Labute approximate surface area is 158 Å². The molecule has 8 nitrogen and oxygen atoms in total. The van der Waals surface area contributed by atoms with Crippen LogP contribution in [-0.4, -0.2) is 22.1 Å². The van der Waals surface area contributed by atoms with Gasteiger partial charge in [0.15, 0.2) is 5.58 Å². The number of benzene rings is 2. The van der Waals surface area contributed by atoms with Crippen LogP contribution in [0.15, 0.2) is 51.8 Å². The number of H-pyrrole nitrogens is 1. The van der Waals surface area contributed by atoms with E-state index in [1.807, 2.05) is 6.92 Å². The maximum Gasteiger partial charge on any atom is 0.417 e. The van der Waals surface area contributed by atoms with Gasteiger partial charge in [-0.3, -0.25) is 4.98 Å². The van der Waals surface area contributed by atoms with Crippen molar-refractivity contribution in [3.05, 3.63) is 64.5 Å².